The van der Waals surface area contributed by atoms with Gasteiger partial charge in [0.25, 0.3) is 5.79 Å². The van der Waals surface area contributed by atoms with Crippen LogP contribution in [0.25, 0.3) is 10.8 Å². The summed E-state index contributed by atoms with van der Waals surface area (Å²) in [5.41, 5.74) is -0.541. The summed E-state index contributed by atoms with van der Waals surface area (Å²) >= 11 is 0. The Kier molecular flexibility index (Phi) is 5.68. The minimum atomic E-state index is -3.97. The lowest BCUT2D eigenvalue weighted by molar-refractivity contribution is -0.454. The monoisotopic (exact) mass is 328 g/mol. The number of phenols is 1. The maximum atomic E-state index is 14.0. The van der Waals surface area contributed by atoms with E-state index in [4.69, 9.17) is 15.3 Å². The smallest absolute Gasteiger partial charge is 0.337 e. The number of hydrogen-bond acceptors (Lipinski definition) is 6. The molecule has 6 N–H and O–H groups in total. The normalized spacial score (nSPS) is 12.0. The van der Waals surface area contributed by atoms with Crippen molar-refractivity contribution in [1.82, 2.24) is 0 Å². The third kappa shape index (κ3) is 3.44. The Morgan fingerprint density at radius 1 is 1.00 bits per heavy atom. The molecule has 0 saturated heterocycles. The van der Waals surface area contributed by atoms with Gasteiger partial charge in [-0.25, -0.2) is 4.39 Å². The third-order valence-electron chi connectivity index (χ3n) is 3.33. The van der Waals surface area contributed by atoms with E-state index in [0.29, 0.717) is 12.0 Å². The Bertz CT molecular complexity index is 691. The van der Waals surface area contributed by atoms with E-state index in [1.807, 2.05) is 13.8 Å². The van der Waals surface area contributed by atoms with Crippen molar-refractivity contribution in [2.24, 2.45) is 0 Å². The predicted molar refractivity (Wildman–Crippen MR) is 81.8 cm³/mol. The molecule has 0 aromatic heterocycles. The van der Waals surface area contributed by atoms with Gasteiger partial charge in [0.2, 0.25) is 0 Å². The predicted octanol–water partition coefficient (Wildman–Crippen LogP) is 1.04. The molecule has 0 atom stereocenters. The van der Waals surface area contributed by atoms with Crippen LogP contribution in [-0.2, 0) is 12.2 Å². The van der Waals surface area contributed by atoms with E-state index >= 15 is 0 Å². The first-order valence-corrected chi connectivity index (χ1v) is 7.16. The van der Waals surface area contributed by atoms with E-state index in [1.54, 1.807) is 6.92 Å². The molecule has 128 valence electrons. The number of phenolic OH excluding ortho intramolecular Hbond substituents is 1. The average molecular weight is 328 g/mol. The van der Waals surface area contributed by atoms with Crippen LogP contribution in [0.4, 0.5) is 4.39 Å². The van der Waals surface area contributed by atoms with E-state index < -0.39 is 23.1 Å². The van der Waals surface area contributed by atoms with Gasteiger partial charge in [-0.15, -0.1) is 0 Å². The number of halogens is 1. The van der Waals surface area contributed by atoms with E-state index in [-0.39, 0.29) is 16.5 Å². The van der Waals surface area contributed by atoms with E-state index in [9.17, 15) is 19.7 Å². The fraction of sp³-hybridized carbons (Fsp3) is 0.375. The second-order valence-electron chi connectivity index (χ2n) is 4.79. The summed E-state index contributed by atoms with van der Waals surface area (Å²) in [6, 6.07) is 4.69. The molecule has 0 fully saturated rings. The number of hydrogen-bond donors (Lipinski definition) is 6. The fourth-order valence-corrected chi connectivity index (χ4v) is 2.30. The van der Waals surface area contributed by atoms with Crippen LogP contribution in [0.2, 0.25) is 0 Å². The summed E-state index contributed by atoms with van der Waals surface area (Å²) in [6.07, 6.45) is 0.298. The van der Waals surface area contributed by atoms with Gasteiger partial charge < -0.3 is 30.6 Å². The van der Waals surface area contributed by atoms with Crippen LogP contribution in [0.5, 0.6) is 5.75 Å². The summed E-state index contributed by atoms with van der Waals surface area (Å²) in [5, 5.41) is 56.7. The zero-order valence-electron chi connectivity index (χ0n) is 13.1. The fourth-order valence-electron chi connectivity index (χ4n) is 2.30. The minimum Gasteiger partial charge on any atom is -0.508 e. The molecule has 6 nitrogen and oxygen atoms in total. The van der Waals surface area contributed by atoms with Crippen molar-refractivity contribution >= 4 is 10.8 Å². The standard InChI is InChI=1S/C14H15FO6.C2H6/c1-2-7-5-9(16)6-8-3-4-10(15)12(11(7)8)13(17,18)14(19,20)21;1-2/h3-6,16-21H,2H2,1H3;1-2H3. The van der Waals surface area contributed by atoms with Crippen molar-refractivity contribution in [3.05, 3.63) is 41.2 Å². The highest BCUT2D eigenvalue weighted by molar-refractivity contribution is 5.91. The van der Waals surface area contributed by atoms with Gasteiger partial charge in [-0.3, -0.25) is 0 Å². The SMILES string of the molecule is CC.CCc1cc(O)cc2ccc(F)c(C(O)(O)C(O)(O)O)c12. The summed E-state index contributed by atoms with van der Waals surface area (Å²) in [4.78, 5) is 0. The highest BCUT2D eigenvalue weighted by atomic mass is 19.1. The van der Waals surface area contributed by atoms with Crippen LogP contribution in [-0.4, -0.2) is 36.6 Å². The van der Waals surface area contributed by atoms with Gasteiger partial charge in [-0.05, 0) is 41.0 Å². The topological polar surface area (TPSA) is 121 Å². The molecule has 23 heavy (non-hydrogen) atoms. The first-order chi connectivity index (χ1) is 10.6. The minimum absolute atomic E-state index is 0.0261. The molecule has 0 heterocycles. The molecule has 0 radical (unpaired) electrons. The molecule has 0 bridgehead atoms. The number of rotatable bonds is 3. The molecule has 2 aromatic carbocycles. The average Bonchev–Trinajstić information content (AvgIpc) is 2.47. The molecule has 0 aliphatic rings. The molecule has 7 heteroatoms. The Balaban J connectivity index is 0.00000127. The lowest BCUT2D eigenvalue weighted by atomic mass is 9.91. The molecule has 0 aliphatic carbocycles. The molecule has 0 spiro atoms. The second kappa shape index (κ2) is 6.77. The molecule has 2 rings (SSSR count). The van der Waals surface area contributed by atoms with Gasteiger partial charge in [-0.2, -0.15) is 0 Å². The van der Waals surface area contributed by atoms with Gasteiger partial charge in [-0.1, -0.05) is 26.8 Å². The van der Waals surface area contributed by atoms with E-state index in [1.165, 1.54) is 18.2 Å². The Morgan fingerprint density at radius 3 is 2.04 bits per heavy atom. The summed E-state index contributed by atoms with van der Waals surface area (Å²) in [6.45, 7) is 5.68. The van der Waals surface area contributed by atoms with E-state index in [2.05, 4.69) is 0 Å². The molecular formula is C16H21FO6. The number of aromatic hydroxyl groups is 1. The quantitative estimate of drug-likeness (QED) is 0.468. The van der Waals surface area contributed by atoms with Crippen molar-refractivity contribution in [2.75, 3.05) is 0 Å². The van der Waals surface area contributed by atoms with Gasteiger partial charge >= 0.3 is 5.97 Å². The van der Waals surface area contributed by atoms with Crippen LogP contribution in [0, 0.1) is 5.82 Å². The lowest BCUT2D eigenvalue weighted by Gasteiger charge is -2.31. The number of fused-ring (bicyclic) bond motifs is 1. The zero-order valence-corrected chi connectivity index (χ0v) is 13.1. The third-order valence-corrected chi connectivity index (χ3v) is 3.33. The van der Waals surface area contributed by atoms with Crippen LogP contribution in [0.1, 0.15) is 31.9 Å². The highest BCUT2D eigenvalue weighted by Gasteiger charge is 2.50. The molecule has 0 aliphatic heterocycles. The number of aliphatic hydroxyl groups is 5. The van der Waals surface area contributed by atoms with Gasteiger partial charge in [0, 0.05) is 0 Å². The zero-order chi connectivity index (χ0) is 18.0. The van der Waals surface area contributed by atoms with Crippen molar-refractivity contribution in [3.63, 3.8) is 0 Å². The Hall–Kier alpha value is -1.77. The molecule has 0 saturated carbocycles. The van der Waals surface area contributed by atoms with Crippen molar-refractivity contribution in [2.45, 2.75) is 39.0 Å². The largest absolute Gasteiger partial charge is 0.508 e. The number of benzene rings is 2. The summed E-state index contributed by atoms with van der Waals surface area (Å²) in [5.74, 6) is -8.88. The Labute approximate surface area is 132 Å². The molecule has 2 aromatic rings. The highest BCUT2D eigenvalue weighted by Crippen LogP contribution is 2.38. The molecule has 0 unspecified atom stereocenters. The summed E-state index contributed by atoms with van der Waals surface area (Å²) < 4.78 is 14.0. The second-order valence-corrected chi connectivity index (χ2v) is 4.79. The van der Waals surface area contributed by atoms with Crippen LogP contribution in [0.15, 0.2) is 24.3 Å². The van der Waals surface area contributed by atoms with Gasteiger partial charge in [0.05, 0.1) is 5.56 Å². The first kappa shape index (κ1) is 19.3. The number of aryl methyl sites for hydroxylation is 1. The van der Waals surface area contributed by atoms with Gasteiger partial charge in [0.1, 0.15) is 11.6 Å². The molecule has 0 amide bonds. The maximum absolute atomic E-state index is 14.0. The maximum Gasteiger partial charge on any atom is 0.337 e. The van der Waals surface area contributed by atoms with Crippen LogP contribution in [0.3, 0.4) is 0 Å². The van der Waals surface area contributed by atoms with Crippen LogP contribution >= 0.6 is 0 Å². The van der Waals surface area contributed by atoms with Crippen molar-refractivity contribution in [1.29, 1.82) is 0 Å². The van der Waals surface area contributed by atoms with E-state index in [0.717, 1.165) is 6.07 Å². The molecular weight excluding hydrogens is 307 g/mol. The van der Waals surface area contributed by atoms with Crippen molar-refractivity contribution < 1.29 is 35.0 Å². The van der Waals surface area contributed by atoms with Gasteiger partial charge in [0.15, 0.2) is 0 Å². The Morgan fingerprint density at radius 2 is 1.57 bits per heavy atom. The van der Waals surface area contributed by atoms with Crippen molar-refractivity contribution in [3.8, 4) is 5.75 Å². The van der Waals surface area contributed by atoms with Crippen LogP contribution < -0.4 is 0 Å². The lowest BCUT2D eigenvalue weighted by Crippen LogP contribution is -2.52. The first-order valence-electron chi connectivity index (χ1n) is 7.16. The summed E-state index contributed by atoms with van der Waals surface area (Å²) in [7, 11) is 0.